The van der Waals surface area contributed by atoms with E-state index in [0.717, 1.165) is 12.3 Å². The van der Waals surface area contributed by atoms with Crippen LogP contribution in [0.1, 0.15) is 29.3 Å². The lowest BCUT2D eigenvalue weighted by atomic mass is 10.1. The maximum Gasteiger partial charge on any atom is 0.340 e. The first kappa shape index (κ1) is 10.6. The molecule has 0 radical (unpaired) electrons. The number of aromatic nitrogens is 1. The number of pyridine rings is 1. The minimum Gasteiger partial charge on any atom is -0.462 e. The summed E-state index contributed by atoms with van der Waals surface area (Å²) in [6.07, 6.45) is -0.402. The summed E-state index contributed by atoms with van der Waals surface area (Å²) in [6.45, 7) is 1.76. The molecule has 1 aromatic heterocycles. The molecule has 0 N–H and O–H groups in total. The molecule has 0 atom stereocenters. The van der Waals surface area contributed by atoms with Gasteiger partial charge in [-0.1, -0.05) is 0 Å². The highest BCUT2D eigenvalue weighted by Gasteiger charge is 2.18. The molecule has 1 heterocycles. The second-order valence-corrected chi connectivity index (χ2v) is 2.48. The molecule has 0 fully saturated rings. The van der Waals surface area contributed by atoms with E-state index < -0.39 is 12.4 Å². The fourth-order valence-electron chi connectivity index (χ4n) is 0.975. The largest absolute Gasteiger partial charge is 0.462 e. The van der Waals surface area contributed by atoms with E-state index in [2.05, 4.69) is 9.72 Å². The second kappa shape index (κ2) is 4.64. The average Bonchev–Trinajstić information content (AvgIpc) is 2.18. The van der Waals surface area contributed by atoms with Gasteiger partial charge in [0.25, 0.3) is 6.43 Å². The van der Waals surface area contributed by atoms with E-state index in [4.69, 9.17) is 0 Å². The van der Waals surface area contributed by atoms with E-state index in [1.165, 1.54) is 6.20 Å². The molecule has 1 rings (SSSR count). The van der Waals surface area contributed by atoms with Crippen molar-refractivity contribution >= 4 is 5.97 Å². The molecule has 0 saturated carbocycles. The van der Waals surface area contributed by atoms with Crippen LogP contribution in [0.15, 0.2) is 18.5 Å². The van der Waals surface area contributed by atoms with Crippen LogP contribution in [0.3, 0.4) is 0 Å². The first-order valence-electron chi connectivity index (χ1n) is 4.06. The van der Waals surface area contributed by atoms with Gasteiger partial charge in [-0.05, 0) is 13.0 Å². The first-order valence-corrected chi connectivity index (χ1v) is 4.06. The monoisotopic (exact) mass is 201 g/mol. The van der Waals surface area contributed by atoms with Crippen molar-refractivity contribution in [1.82, 2.24) is 4.98 Å². The van der Waals surface area contributed by atoms with Gasteiger partial charge in [0, 0.05) is 18.0 Å². The van der Waals surface area contributed by atoms with E-state index in [9.17, 15) is 13.6 Å². The molecule has 14 heavy (non-hydrogen) atoms. The Morgan fingerprint density at radius 3 is 2.93 bits per heavy atom. The lowest BCUT2D eigenvalue weighted by molar-refractivity contribution is 0.0515. The summed E-state index contributed by atoms with van der Waals surface area (Å²) in [7, 11) is 0. The van der Waals surface area contributed by atoms with Gasteiger partial charge in [-0.3, -0.25) is 4.98 Å². The minimum absolute atomic E-state index is 0.149. The number of hydrogen-bond acceptors (Lipinski definition) is 3. The Morgan fingerprint density at radius 2 is 2.36 bits per heavy atom. The normalized spacial score (nSPS) is 10.3. The number of carbonyl (C=O) groups is 1. The molecule has 0 aliphatic rings. The van der Waals surface area contributed by atoms with Crippen LogP contribution >= 0.6 is 0 Å². The van der Waals surface area contributed by atoms with E-state index in [0.29, 0.717) is 0 Å². The van der Waals surface area contributed by atoms with Crippen LogP contribution in [0.4, 0.5) is 8.78 Å². The van der Waals surface area contributed by atoms with Crippen molar-refractivity contribution in [2.45, 2.75) is 13.3 Å². The van der Waals surface area contributed by atoms with Gasteiger partial charge in [0.1, 0.15) is 0 Å². The fraction of sp³-hybridized carbons (Fsp3) is 0.333. The van der Waals surface area contributed by atoms with Crippen LogP contribution in [0, 0.1) is 0 Å². The van der Waals surface area contributed by atoms with Crippen molar-refractivity contribution in [1.29, 1.82) is 0 Å². The highest BCUT2D eigenvalue weighted by molar-refractivity contribution is 5.90. The summed E-state index contributed by atoms with van der Waals surface area (Å²) >= 11 is 0. The number of alkyl halides is 2. The maximum atomic E-state index is 12.4. The molecular formula is C9H9F2NO2. The van der Waals surface area contributed by atoms with E-state index in [-0.39, 0.29) is 17.7 Å². The number of halogens is 2. The summed E-state index contributed by atoms with van der Waals surface area (Å²) < 4.78 is 29.4. The summed E-state index contributed by atoms with van der Waals surface area (Å²) in [5.41, 5.74) is -0.525. The van der Waals surface area contributed by atoms with E-state index in [1.54, 1.807) is 6.92 Å². The van der Waals surface area contributed by atoms with Crippen LogP contribution in [-0.2, 0) is 4.74 Å². The molecule has 0 spiro atoms. The molecule has 0 bridgehead atoms. The van der Waals surface area contributed by atoms with Crippen LogP contribution in [0.5, 0.6) is 0 Å². The van der Waals surface area contributed by atoms with Crippen molar-refractivity contribution in [2.24, 2.45) is 0 Å². The molecular weight excluding hydrogens is 192 g/mol. The van der Waals surface area contributed by atoms with Gasteiger partial charge in [-0.2, -0.15) is 0 Å². The lowest BCUT2D eigenvalue weighted by Crippen LogP contribution is -2.08. The van der Waals surface area contributed by atoms with Crippen molar-refractivity contribution < 1.29 is 18.3 Å². The summed E-state index contributed by atoms with van der Waals surface area (Å²) in [6, 6.07) is 1.11. The average molecular weight is 201 g/mol. The number of ether oxygens (including phenoxy) is 1. The van der Waals surface area contributed by atoms with Crippen molar-refractivity contribution in [3.05, 3.63) is 29.6 Å². The van der Waals surface area contributed by atoms with Gasteiger partial charge in [-0.15, -0.1) is 0 Å². The fourth-order valence-corrected chi connectivity index (χ4v) is 0.975. The lowest BCUT2D eigenvalue weighted by Gasteiger charge is -2.06. The van der Waals surface area contributed by atoms with E-state index in [1.807, 2.05) is 0 Å². The van der Waals surface area contributed by atoms with Crippen LogP contribution in [0.2, 0.25) is 0 Å². The van der Waals surface area contributed by atoms with Gasteiger partial charge in [0.2, 0.25) is 0 Å². The number of carbonyl (C=O) groups excluding carboxylic acids is 1. The van der Waals surface area contributed by atoms with Crippen molar-refractivity contribution in [2.75, 3.05) is 6.61 Å². The van der Waals surface area contributed by atoms with Gasteiger partial charge < -0.3 is 4.74 Å². The van der Waals surface area contributed by atoms with Gasteiger partial charge in [0.15, 0.2) is 0 Å². The Kier molecular flexibility index (Phi) is 3.50. The van der Waals surface area contributed by atoms with Gasteiger partial charge in [0.05, 0.1) is 12.2 Å². The van der Waals surface area contributed by atoms with Gasteiger partial charge in [-0.25, -0.2) is 13.6 Å². The zero-order valence-corrected chi connectivity index (χ0v) is 7.54. The quantitative estimate of drug-likeness (QED) is 0.703. The predicted octanol–water partition coefficient (Wildman–Crippen LogP) is 2.20. The molecule has 0 amide bonds. The standard InChI is InChI=1S/C9H9F2NO2/c1-2-14-9(13)7-5-12-4-3-6(7)8(10)11/h3-5,8H,2H2,1H3. The Balaban J connectivity index is 3.00. The Bertz CT molecular complexity index is 328. The smallest absolute Gasteiger partial charge is 0.340 e. The summed E-state index contributed by atoms with van der Waals surface area (Å²) in [4.78, 5) is 14.8. The molecule has 0 unspecified atom stereocenters. The molecule has 5 heteroatoms. The van der Waals surface area contributed by atoms with Crippen LogP contribution in [0.25, 0.3) is 0 Å². The van der Waals surface area contributed by atoms with Crippen LogP contribution in [-0.4, -0.2) is 17.6 Å². The Labute approximate surface area is 79.7 Å². The molecule has 0 aliphatic heterocycles. The summed E-state index contributed by atoms with van der Waals surface area (Å²) in [5.74, 6) is -0.768. The topological polar surface area (TPSA) is 39.2 Å². The SMILES string of the molecule is CCOC(=O)c1cnccc1C(F)F. The van der Waals surface area contributed by atoms with Crippen LogP contribution < -0.4 is 0 Å². The van der Waals surface area contributed by atoms with E-state index >= 15 is 0 Å². The Morgan fingerprint density at radius 1 is 1.64 bits per heavy atom. The minimum atomic E-state index is -2.70. The predicted molar refractivity (Wildman–Crippen MR) is 45.2 cm³/mol. The summed E-state index contributed by atoms with van der Waals surface area (Å²) in [5, 5.41) is 0. The molecule has 1 aromatic rings. The molecule has 0 aromatic carbocycles. The molecule has 76 valence electrons. The third-order valence-electron chi connectivity index (χ3n) is 1.59. The second-order valence-electron chi connectivity index (χ2n) is 2.48. The molecule has 3 nitrogen and oxygen atoms in total. The third kappa shape index (κ3) is 2.25. The highest BCUT2D eigenvalue weighted by Crippen LogP contribution is 2.22. The molecule has 0 aliphatic carbocycles. The van der Waals surface area contributed by atoms with Gasteiger partial charge >= 0.3 is 5.97 Å². The zero-order valence-electron chi connectivity index (χ0n) is 7.54. The number of nitrogens with zero attached hydrogens (tertiary/aromatic N) is 1. The van der Waals surface area contributed by atoms with Crippen molar-refractivity contribution in [3.63, 3.8) is 0 Å². The maximum absolute atomic E-state index is 12.4. The Hall–Kier alpha value is -1.52. The highest BCUT2D eigenvalue weighted by atomic mass is 19.3. The van der Waals surface area contributed by atoms with Crippen molar-refractivity contribution in [3.8, 4) is 0 Å². The molecule has 0 saturated heterocycles. The number of esters is 1. The zero-order chi connectivity index (χ0) is 10.6. The first-order chi connectivity index (χ1) is 6.66. The third-order valence-corrected chi connectivity index (χ3v) is 1.59. The number of hydrogen-bond donors (Lipinski definition) is 0. The number of rotatable bonds is 3.